The number of H-pyrrole nitrogens is 1. The molecule has 0 aliphatic rings. The summed E-state index contributed by atoms with van der Waals surface area (Å²) in [4.78, 5) is 19.5. The van der Waals surface area contributed by atoms with Gasteiger partial charge in [-0.25, -0.2) is 4.98 Å². The van der Waals surface area contributed by atoms with Crippen LogP contribution in [-0.4, -0.2) is 15.9 Å². The molecular formula is C15H12ClN3O. The molecule has 3 aromatic rings. The molecule has 3 rings (SSSR count). The van der Waals surface area contributed by atoms with Gasteiger partial charge in [-0.1, -0.05) is 29.8 Å². The second kappa shape index (κ2) is 4.98. The first-order valence-electron chi connectivity index (χ1n) is 6.16. The summed E-state index contributed by atoms with van der Waals surface area (Å²) in [6.45, 7) is 1.89. The van der Waals surface area contributed by atoms with Crippen LogP contribution in [-0.2, 0) is 0 Å². The molecule has 0 fully saturated rings. The summed E-state index contributed by atoms with van der Waals surface area (Å²) in [7, 11) is 0. The number of rotatable bonds is 2. The minimum atomic E-state index is -0.244. The normalized spacial score (nSPS) is 10.7. The number of nitrogens with one attached hydrogen (secondary N) is 2. The monoisotopic (exact) mass is 285 g/mol. The van der Waals surface area contributed by atoms with Crippen molar-refractivity contribution in [1.29, 1.82) is 0 Å². The van der Waals surface area contributed by atoms with Gasteiger partial charge in [-0.15, -0.1) is 0 Å². The number of imidazole rings is 1. The lowest BCUT2D eigenvalue weighted by Crippen LogP contribution is -2.12. The van der Waals surface area contributed by atoms with Crippen LogP contribution in [0.5, 0.6) is 0 Å². The van der Waals surface area contributed by atoms with Gasteiger partial charge in [0.2, 0.25) is 5.95 Å². The van der Waals surface area contributed by atoms with Crippen molar-refractivity contribution < 1.29 is 4.79 Å². The summed E-state index contributed by atoms with van der Waals surface area (Å²) in [5.74, 6) is 0.179. The summed E-state index contributed by atoms with van der Waals surface area (Å²) < 4.78 is 0. The minimum Gasteiger partial charge on any atom is -0.324 e. The van der Waals surface area contributed by atoms with Gasteiger partial charge in [0.1, 0.15) is 0 Å². The fourth-order valence-corrected chi connectivity index (χ4v) is 2.11. The van der Waals surface area contributed by atoms with E-state index >= 15 is 0 Å². The average molecular weight is 286 g/mol. The minimum absolute atomic E-state index is 0.244. The van der Waals surface area contributed by atoms with Crippen LogP contribution in [0, 0.1) is 6.92 Å². The third-order valence-corrected chi connectivity index (χ3v) is 3.46. The lowest BCUT2D eigenvalue weighted by atomic mass is 10.1. The number of benzene rings is 2. The van der Waals surface area contributed by atoms with Crippen LogP contribution in [0.15, 0.2) is 42.5 Å². The second-order valence-corrected chi connectivity index (χ2v) is 4.93. The van der Waals surface area contributed by atoms with Crippen molar-refractivity contribution in [2.75, 3.05) is 5.32 Å². The first kappa shape index (κ1) is 12.7. The van der Waals surface area contributed by atoms with E-state index in [1.807, 2.05) is 37.3 Å². The molecule has 0 aliphatic heterocycles. The van der Waals surface area contributed by atoms with Gasteiger partial charge in [0.15, 0.2) is 0 Å². The second-order valence-electron chi connectivity index (χ2n) is 4.52. The summed E-state index contributed by atoms with van der Waals surface area (Å²) >= 11 is 6.02. The number of nitrogens with zero attached hydrogens (tertiary/aromatic N) is 1. The summed E-state index contributed by atoms with van der Waals surface area (Å²) in [6.07, 6.45) is 0. The molecule has 0 saturated heterocycles. The number of aryl methyl sites for hydroxylation is 1. The number of halogens is 1. The average Bonchev–Trinajstić information content (AvgIpc) is 2.83. The van der Waals surface area contributed by atoms with Gasteiger partial charge in [-0.2, -0.15) is 0 Å². The van der Waals surface area contributed by atoms with E-state index in [0.717, 1.165) is 16.6 Å². The van der Waals surface area contributed by atoms with Gasteiger partial charge in [-0.05, 0) is 36.8 Å². The zero-order valence-electron chi connectivity index (χ0n) is 10.8. The number of anilines is 1. The zero-order valence-corrected chi connectivity index (χ0v) is 11.5. The number of carbonyl (C=O) groups is 1. The van der Waals surface area contributed by atoms with E-state index in [2.05, 4.69) is 15.3 Å². The molecule has 2 N–H and O–H groups in total. The Kier molecular flexibility index (Phi) is 3.16. The fraction of sp³-hybridized carbons (Fsp3) is 0.0667. The third kappa shape index (κ3) is 2.38. The van der Waals surface area contributed by atoms with Crippen LogP contribution in [0.2, 0.25) is 5.02 Å². The van der Waals surface area contributed by atoms with Crippen molar-refractivity contribution in [2.24, 2.45) is 0 Å². The number of carbonyl (C=O) groups excluding carboxylic acids is 1. The van der Waals surface area contributed by atoms with E-state index in [-0.39, 0.29) is 5.91 Å². The highest BCUT2D eigenvalue weighted by Gasteiger charge is 2.10. The Bertz CT molecular complexity index is 762. The molecule has 0 radical (unpaired) electrons. The molecule has 2 aromatic carbocycles. The van der Waals surface area contributed by atoms with E-state index in [4.69, 9.17) is 11.6 Å². The van der Waals surface area contributed by atoms with Crippen molar-refractivity contribution >= 4 is 34.5 Å². The van der Waals surface area contributed by atoms with Gasteiger partial charge in [-0.3, -0.25) is 10.1 Å². The van der Waals surface area contributed by atoms with Crippen molar-refractivity contribution in [2.45, 2.75) is 6.92 Å². The fourth-order valence-electron chi connectivity index (χ4n) is 1.93. The molecule has 0 unspecified atom stereocenters. The maximum atomic E-state index is 12.1. The summed E-state index contributed by atoms with van der Waals surface area (Å²) in [5, 5.41) is 3.30. The predicted octanol–water partition coefficient (Wildman–Crippen LogP) is 3.78. The Hall–Kier alpha value is -2.33. The molecule has 4 nitrogen and oxygen atoms in total. The van der Waals surface area contributed by atoms with E-state index in [1.165, 1.54) is 0 Å². The molecule has 0 bridgehead atoms. The van der Waals surface area contributed by atoms with Gasteiger partial charge in [0, 0.05) is 10.6 Å². The molecule has 0 saturated carbocycles. The Morgan fingerprint density at radius 1 is 1.25 bits per heavy atom. The molecule has 1 aromatic heterocycles. The topological polar surface area (TPSA) is 57.8 Å². The van der Waals surface area contributed by atoms with Crippen LogP contribution in [0.1, 0.15) is 15.9 Å². The van der Waals surface area contributed by atoms with E-state index in [9.17, 15) is 4.79 Å². The number of aromatic nitrogens is 2. The molecule has 1 amide bonds. The van der Waals surface area contributed by atoms with Crippen LogP contribution < -0.4 is 5.32 Å². The molecular weight excluding hydrogens is 274 g/mol. The molecule has 20 heavy (non-hydrogen) atoms. The Morgan fingerprint density at radius 2 is 2.05 bits per heavy atom. The Labute approximate surface area is 120 Å². The summed E-state index contributed by atoms with van der Waals surface area (Å²) in [5.41, 5.74) is 3.13. The lowest BCUT2D eigenvalue weighted by Gasteiger charge is -2.03. The van der Waals surface area contributed by atoms with Crippen LogP contribution in [0.25, 0.3) is 11.0 Å². The standard InChI is InChI=1S/C15H12ClN3O/c1-9-6-7-10(8-11(9)16)14(20)19-15-17-12-4-2-3-5-13(12)18-15/h2-8H,1H3,(H2,17,18,19,20). The van der Waals surface area contributed by atoms with Gasteiger partial charge < -0.3 is 4.98 Å². The molecule has 0 spiro atoms. The van der Waals surface area contributed by atoms with Crippen molar-refractivity contribution in [3.63, 3.8) is 0 Å². The first-order valence-corrected chi connectivity index (χ1v) is 6.53. The highest BCUT2D eigenvalue weighted by atomic mass is 35.5. The van der Waals surface area contributed by atoms with E-state index in [0.29, 0.717) is 16.5 Å². The van der Waals surface area contributed by atoms with Gasteiger partial charge >= 0.3 is 0 Å². The SMILES string of the molecule is Cc1ccc(C(=O)Nc2nc3ccccc3[nH]2)cc1Cl. The third-order valence-electron chi connectivity index (χ3n) is 3.06. The lowest BCUT2D eigenvalue weighted by molar-refractivity contribution is 0.102. The van der Waals surface area contributed by atoms with Gasteiger partial charge in [0.25, 0.3) is 5.91 Å². The first-order chi connectivity index (χ1) is 9.63. The largest absolute Gasteiger partial charge is 0.324 e. The number of hydrogen-bond acceptors (Lipinski definition) is 2. The van der Waals surface area contributed by atoms with E-state index in [1.54, 1.807) is 12.1 Å². The molecule has 100 valence electrons. The number of amides is 1. The zero-order chi connectivity index (χ0) is 14.1. The highest BCUT2D eigenvalue weighted by Crippen LogP contribution is 2.18. The Balaban J connectivity index is 1.86. The van der Waals surface area contributed by atoms with E-state index < -0.39 is 0 Å². The van der Waals surface area contributed by atoms with Gasteiger partial charge in [0.05, 0.1) is 11.0 Å². The van der Waals surface area contributed by atoms with Crippen LogP contribution in [0.3, 0.4) is 0 Å². The van der Waals surface area contributed by atoms with Crippen molar-refractivity contribution in [1.82, 2.24) is 9.97 Å². The molecule has 0 aliphatic carbocycles. The van der Waals surface area contributed by atoms with Crippen LogP contribution >= 0.6 is 11.6 Å². The molecule has 0 atom stereocenters. The maximum absolute atomic E-state index is 12.1. The maximum Gasteiger partial charge on any atom is 0.258 e. The number of aromatic amines is 1. The van der Waals surface area contributed by atoms with Crippen molar-refractivity contribution in [3.8, 4) is 0 Å². The van der Waals surface area contributed by atoms with Crippen LogP contribution in [0.4, 0.5) is 5.95 Å². The molecule has 1 heterocycles. The summed E-state index contributed by atoms with van der Waals surface area (Å²) in [6, 6.07) is 12.8. The number of hydrogen-bond donors (Lipinski definition) is 2. The highest BCUT2D eigenvalue weighted by molar-refractivity contribution is 6.31. The molecule has 5 heteroatoms. The number of para-hydroxylation sites is 2. The quantitative estimate of drug-likeness (QED) is 0.753. The smallest absolute Gasteiger partial charge is 0.258 e. The van der Waals surface area contributed by atoms with Crippen molar-refractivity contribution in [3.05, 3.63) is 58.6 Å². The predicted molar refractivity (Wildman–Crippen MR) is 80.2 cm³/mol. The number of fused-ring (bicyclic) bond motifs is 1. The Morgan fingerprint density at radius 3 is 2.80 bits per heavy atom.